The molecular weight excluding hydrogens is 590 g/mol. The number of nitrogens with zero attached hydrogens (tertiary/aromatic N) is 17. The van der Waals surface area contributed by atoms with Crippen LogP contribution in [0.5, 0.6) is 0 Å². The van der Waals surface area contributed by atoms with Gasteiger partial charge in [-0.15, -0.1) is 25.5 Å². The highest BCUT2D eigenvalue weighted by Crippen LogP contribution is 2.59. The molecule has 4 N–H and O–H groups in total. The van der Waals surface area contributed by atoms with Gasteiger partial charge in [-0.2, -0.15) is 30.8 Å². The molecule has 0 fully saturated rings. The second-order valence-electron chi connectivity index (χ2n) is 8.41. The van der Waals surface area contributed by atoms with Gasteiger partial charge >= 0.3 is 0 Å². The molecule has 206 valence electrons. The molecule has 7 aromatic rings. The van der Waals surface area contributed by atoms with Gasteiger partial charge in [0.15, 0.2) is 21.9 Å². The predicted octanol–water partition coefficient (Wildman–Crippen LogP) is -1.47. The molecule has 0 aromatic carbocycles. The molecule has 22 nitrogen and oxygen atoms in total. The van der Waals surface area contributed by atoms with E-state index in [2.05, 4.69) is 102 Å². The molecule has 2 atom stereocenters. The van der Waals surface area contributed by atoms with Crippen LogP contribution in [0.25, 0.3) is 11.4 Å². The van der Waals surface area contributed by atoms with Gasteiger partial charge in [-0.25, -0.2) is 0 Å². The Hall–Kier alpha value is -6.04. The molecule has 8 rings (SSSR count). The number of aromatic amines is 3. The molecule has 0 amide bonds. The number of nitrogens with one attached hydrogen (secondary N) is 4. The molecular formula is C18H11N21OS2. The lowest BCUT2D eigenvalue weighted by molar-refractivity contribution is 0.244. The average molecular weight is 602 g/mol. The summed E-state index contributed by atoms with van der Waals surface area (Å²) in [5, 5.41) is 72.3. The summed E-state index contributed by atoms with van der Waals surface area (Å²) in [7, 11) is 0. The van der Waals surface area contributed by atoms with E-state index in [1.54, 1.807) is 40.9 Å². The predicted molar refractivity (Wildman–Crippen MR) is 135 cm³/mol. The number of aromatic nitrogens is 19. The van der Waals surface area contributed by atoms with E-state index in [1.165, 1.54) is 6.20 Å². The Labute approximate surface area is 238 Å². The third-order valence-electron chi connectivity index (χ3n) is 6.55. The minimum atomic E-state index is -1.62. The highest BCUT2D eigenvalue weighted by Gasteiger charge is 2.69. The van der Waals surface area contributed by atoms with Crippen LogP contribution < -0.4 is 10.2 Å². The molecule has 42 heavy (non-hydrogen) atoms. The van der Waals surface area contributed by atoms with Crippen molar-refractivity contribution in [1.82, 2.24) is 102 Å². The van der Waals surface area contributed by atoms with Crippen LogP contribution in [0.1, 0.15) is 33.8 Å². The SMILES string of the molecule is c1cnnc(C2(c3csnn3)N(c3cn[nH]n3)C(c3nn[nH]n3)=C(c3nnno3)NC2(c2ccn[nH]2)c2nnns2)c1. The van der Waals surface area contributed by atoms with E-state index in [0.717, 1.165) is 23.1 Å². The lowest BCUT2D eigenvalue weighted by Gasteiger charge is -2.56. The Morgan fingerprint density at radius 3 is 2.57 bits per heavy atom. The highest BCUT2D eigenvalue weighted by atomic mass is 32.1. The zero-order valence-electron chi connectivity index (χ0n) is 20.4. The number of H-pyrrole nitrogens is 3. The van der Waals surface area contributed by atoms with Crippen LogP contribution in [0, 0.1) is 0 Å². The van der Waals surface area contributed by atoms with Crippen LogP contribution in [0.15, 0.2) is 46.7 Å². The van der Waals surface area contributed by atoms with E-state index in [1.807, 2.05) is 0 Å². The van der Waals surface area contributed by atoms with Crippen molar-refractivity contribution >= 4 is 40.3 Å². The molecule has 0 spiro atoms. The fourth-order valence-electron chi connectivity index (χ4n) is 5.12. The van der Waals surface area contributed by atoms with Crippen LogP contribution in [0.3, 0.4) is 0 Å². The van der Waals surface area contributed by atoms with Gasteiger partial charge in [0.1, 0.15) is 17.1 Å². The second kappa shape index (κ2) is 9.27. The minimum Gasteiger partial charge on any atom is -0.359 e. The number of tetrazole rings is 1. The maximum Gasteiger partial charge on any atom is 0.296 e. The zero-order valence-corrected chi connectivity index (χ0v) is 22.0. The third-order valence-corrected chi connectivity index (χ3v) is 7.77. The summed E-state index contributed by atoms with van der Waals surface area (Å²) in [6.07, 6.45) is 4.62. The van der Waals surface area contributed by atoms with E-state index < -0.39 is 11.1 Å². The van der Waals surface area contributed by atoms with Crippen molar-refractivity contribution in [3.05, 3.63) is 76.0 Å². The van der Waals surface area contributed by atoms with Crippen LogP contribution in [-0.4, -0.2) is 96.4 Å². The van der Waals surface area contributed by atoms with Gasteiger partial charge in [-0.05, 0) is 45.4 Å². The molecule has 1 aliphatic heterocycles. The van der Waals surface area contributed by atoms with Crippen molar-refractivity contribution in [1.29, 1.82) is 0 Å². The summed E-state index contributed by atoms with van der Waals surface area (Å²) < 4.78 is 13.8. The molecule has 0 saturated heterocycles. The molecule has 1 aliphatic rings. The first kappa shape index (κ1) is 23.8. The van der Waals surface area contributed by atoms with Gasteiger partial charge in [-0.1, -0.05) is 14.1 Å². The highest BCUT2D eigenvalue weighted by molar-refractivity contribution is 7.05. The summed E-state index contributed by atoms with van der Waals surface area (Å²) in [6, 6.07) is 5.26. The maximum absolute atomic E-state index is 5.48. The zero-order chi connectivity index (χ0) is 28.0. The Morgan fingerprint density at radius 1 is 0.905 bits per heavy atom. The third kappa shape index (κ3) is 3.17. The van der Waals surface area contributed by atoms with E-state index in [-0.39, 0.29) is 28.9 Å². The molecule has 8 heterocycles. The standard InChI is InChI=1S/C18H11N21OS2/c1-2-9(24-19-4-1)18(10-7-41-37-25-10)17(8-3-5-20-23-8,16-30-35-38-42-16)22-12(15-29-34-36-40-15)13(14-27-32-33-28-14)39(18)11-6-21-31-26-11/h1-7,22H,(H,20,23)(H,21,26,31)(H,27,28,32,33). The van der Waals surface area contributed by atoms with Crippen LogP contribution >= 0.6 is 23.1 Å². The monoisotopic (exact) mass is 601 g/mol. The van der Waals surface area contributed by atoms with Crippen LogP contribution in [0.4, 0.5) is 5.82 Å². The van der Waals surface area contributed by atoms with Crippen molar-refractivity contribution in [3.8, 4) is 0 Å². The molecule has 0 radical (unpaired) electrons. The molecule has 0 bridgehead atoms. The molecule has 0 aliphatic carbocycles. The van der Waals surface area contributed by atoms with Gasteiger partial charge in [0.05, 0.1) is 22.9 Å². The molecule has 0 saturated carbocycles. The maximum atomic E-state index is 5.48. The largest absolute Gasteiger partial charge is 0.359 e. The fourth-order valence-corrected chi connectivity index (χ4v) is 6.29. The van der Waals surface area contributed by atoms with E-state index in [4.69, 9.17) is 4.52 Å². The van der Waals surface area contributed by atoms with E-state index >= 15 is 0 Å². The van der Waals surface area contributed by atoms with Crippen LogP contribution in [-0.2, 0) is 11.1 Å². The van der Waals surface area contributed by atoms with Crippen molar-refractivity contribution in [2.24, 2.45) is 0 Å². The quantitative estimate of drug-likeness (QED) is 0.162. The van der Waals surface area contributed by atoms with E-state index in [0.29, 0.717) is 22.1 Å². The lowest BCUT2D eigenvalue weighted by atomic mass is 9.67. The van der Waals surface area contributed by atoms with Gasteiger partial charge in [0, 0.05) is 29.3 Å². The summed E-state index contributed by atoms with van der Waals surface area (Å²) in [6.45, 7) is 0. The van der Waals surface area contributed by atoms with Gasteiger partial charge in [0.25, 0.3) is 5.89 Å². The van der Waals surface area contributed by atoms with Gasteiger partial charge < -0.3 is 9.84 Å². The summed E-state index contributed by atoms with van der Waals surface area (Å²) in [5.74, 6) is 0.332. The van der Waals surface area contributed by atoms with Crippen molar-refractivity contribution in [3.63, 3.8) is 0 Å². The fraction of sp³-hybridized carbons (Fsp3) is 0.111. The van der Waals surface area contributed by atoms with E-state index in [9.17, 15) is 0 Å². The van der Waals surface area contributed by atoms with Gasteiger partial charge in [-0.3, -0.25) is 10.00 Å². The van der Waals surface area contributed by atoms with Crippen molar-refractivity contribution < 1.29 is 4.52 Å². The number of rotatable bonds is 7. The molecule has 7 aromatic heterocycles. The summed E-state index contributed by atoms with van der Waals surface area (Å²) in [5.41, 5.74) is -1.51. The normalized spacial score (nSPS) is 20.6. The first-order valence-corrected chi connectivity index (χ1v) is 13.2. The van der Waals surface area contributed by atoms with Gasteiger partial charge in [0.2, 0.25) is 5.82 Å². The van der Waals surface area contributed by atoms with Crippen molar-refractivity contribution in [2.45, 2.75) is 11.1 Å². The summed E-state index contributed by atoms with van der Waals surface area (Å²) >= 11 is 2.14. The number of anilines is 1. The second-order valence-corrected chi connectivity index (χ2v) is 9.75. The first-order valence-electron chi connectivity index (χ1n) is 11.6. The van der Waals surface area contributed by atoms with Crippen molar-refractivity contribution in [2.75, 3.05) is 4.90 Å². The Balaban J connectivity index is 1.64. The molecule has 24 heteroatoms. The Bertz CT molecular complexity index is 1870. The topological polar surface area (TPSA) is 282 Å². The van der Waals surface area contributed by atoms with Crippen LogP contribution in [0.2, 0.25) is 0 Å². The number of hydrogen-bond donors (Lipinski definition) is 4. The minimum absolute atomic E-state index is 0.0335. The summed E-state index contributed by atoms with van der Waals surface area (Å²) in [4.78, 5) is 1.74. The Morgan fingerprint density at radius 2 is 1.90 bits per heavy atom. The number of hydrogen-bond acceptors (Lipinski definition) is 21. The smallest absolute Gasteiger partial charge is 0.296 e. The first-order chi connectivity index (χ1) is 20.8. The lowest BCUT2D eigenvalue weighted by Crippen LogP contribution is -2.70. The Kier molecular flexibility index (Phi) is 5.25. The molecule has 2 unspecified atom stereocenters. The average Bonchev–Trinajstić information content (AvgIpc) is 3.89.